The predicted molar refractivity (Wildman–Crippen MR) is 100 cm³/mol. The van der Waals surface area contributed by atoms with Crippen molar-refractivity contribution in [3.8, 4) is 0 Å². The molecule has 1 saturated heterocycles. The molecule has 1 aromatic heterocycles. The van der Waals surface area contributed by atoms with Crippen LogP contribution >= 0.6 is 23.2 Å². The summed E-state index contributed by atoms with van der Waals surface area (Å²) in [5.41, 5.74) is -0.616. The summed E-state index contributed by atoms with van der Waals surface area (Å²) in [7, 11) is -3.82. The average molecular weight is 424 g/mol. The number of carbonyl (C=O) groups is 1. The van der Waals surface area contributed by atoms with Gasteiger partial charge >= 0.3 is 6.09 Å². The molecule has 0 N–H and O–H groups in total. The van der Waals surface area contributed by atoms with Gasteiger partial charge in [0.2, 0.25) is 10.0 Å². The first-order chi connectivity index (χ1) is 11.8. The van der Waals surface area contributed by atoms with Crippen molar-refractivity contribution in [3.05, 3.63) is 22.4 Å². The number of sulfonamides is 1. The van der Waals surface area contributed by atoms with E-state index >= 15 is 0 Å². The quantitative estimate of drug-likeness (QED) is 0.680. The van der Waals surface area contributed by atoms with Gasteiger partial charge in [-0.3, -0.25) is 0 Å². The van der Waals surface area contributed by atoms with E-state index in [-0.39, 0.29) is 34.2 Å². The summed E-state index contributed by atoms with van der Waals surface area (Å²) in [6, 6.07) is 0.476. The molecule has 0 spiro atoms. The summed E-state index contributed by atoms with van der Waals surface area (Å²) in [6.45, 7) is 9.29. The summed E-state index contributed by atoms with van der Waals surface area (Å²) < 4.78 is 32.7. The Morgan fingerprint density at radius 1 is 1.23 bits per heavy atom. The molecule has 2 heterocycles. The normalized spacial score (nSPS) is 22.3. The molecular formula is C16H23Cl2N3O4S. The number of hydrogen-bond acceptors (Lipinski definition) is 5. The largest absolute Gasteiger partial charge is 0.444 e. The van der Waals surface area contributed by atoms with Gasteiger partial charge in [-0.1, -0.05) is 23.2 Å². The first kappa shape index (κ1) is 21.2. The summed E-state index contributed by atoms with van der Waals surface area (Å²) >= 11 is 11.7. The van der Waals surface area contributed by atoms with E-state index in [2.05, 4.69) is 4.98 Å². The number of halogens is 2. The van der Waals surface area contributed by atoms with E-state index in [9.17, 15) is 13.2 Å². The molecule has 0 saturated carbocycles. The van der Waals surface area contributed by atoms with Gasteiger partial charge in [0.1, 0.15) is 15.6 Å². The van der Waals surface area contributed by atoms with Crippen molar-refractivity contribution in [2.45, 2.75) is 57.2 Å². The summed E-state index contributed by atoms with van der Waals surface area (Å²) in [6.07, 6.45) is 0.728. The van der Waals surface area contributed by atoms with Crippen LogP contribution in [0.5, 0.6) is 0 Å². The molecule has 1 fully saturated rings. The fourth-order valence-corrected chi connectivity index (χ4v) is 4.71. The number of amides is 1. The lowest BCUT2D eigenvalue weighted by molar-refractivity contribution is 0.000104. The number of rotatable bonds is 2. The summed E-state index contributed by atoms with van der Waals surface area (Å²) in [4.78, 5) is 17.7. The lowest BCUT2D eigenvalue weighted by Gasteiger charge is -2.44. The van der Waals surface area contributed by atoms with Crippen molar-refractivity contribution in [3.63, 3.8) is 0 Å². The van der Waals surface area contributed by atoms with E-state index in [0.717, 1.165) is 0 Å². The van der Waals surface area contributed by atoms with E-state index < -0.39 is 27.8 Å². The van der Waals surface area contributed by atoms with Gasteiger partial charge < -0.3 is 9.64 Å². The van der Waals surface area contributed by atoms with E-state index in [4.69, 9.17) is 27.9 Å². The maximum absolute atomic E-state index is 13.0. The molecule has 1 aromatic rings. The number of pyridine rings is 1. The van der Waals surface area contributed by atoms with Crippen LogP contribution in [0.4, 0.5) is 4.79 Å². The number of carbonyl (C=O) groups excluding carboxylic acids is 1. The van der Waals surface area contributed by atoms with Crippen LogP contribution in [0.15, 0.2) is 17.2 Å². The predicted octanol–water partition coefficient (Wildman–Crippen LogP) is 3.41. The monoisotopic (exact) mass is 423 g/mol. The van der Waals surface area contributed by atoms with Crippen LogP contribution in [0.2, 0.25) is 10.2 Å². The van der Waals surface area contributed by atoms with Gasteiger partial charge in [-0.05, 0) is 40.7 Å². The van der Waals surface area contributed by atoms with E-state index in [0.29, 0.717) is 0 Å². The van der Waals surface area contributed by atoms with Gasteiger partial charge in [0.05, 0.1) is 5.02 Å². The molecular weight excluding hydrogens is 401 g/mol. The molecule has 0 unspecified atom stereocenters. The number of ether oxygens (including phenoxy) is 1. The van der Waals surface area contributed by atoms with Crippen molar-refractivity contribution in [2.75, 3.05) is 13.1 Å². The molecule has 0 radical (unpaired) electrons. The Morgan fingerprint density at radius 3 is 2.38 bits per heavy atom. The van der Waals surface area contributed by atoms with Gasteiger partial charge in [-0.15, -0.1) is 0 Å². The van der Waals surface area contributed by atoms with E-state index in [1.807, 2.05) is 0 Å². The van der Waals surface area contributed by atoms with Gasteiger partial charge in [0.15, 0.2) is 0 Å². The van der Waals surface area contributed by atoms with Crippen LogP contribution in [0.1, 0.15) is 34.6 Å². The molecule has 1 aliphatic rings. The highest BCUT2D eigenvalue weighted by atomic mass is 35.5. The van der Waals surface area contributed by atoms with Gasteiger partial charge in [-0.25, -0.2) is 18.2 Å². The maximum atomic E-state index is 13.0. The molecule has 2 atom stereocenters. The highest BCUT2D eigenvalue weighted by molar-refractivity contribution is 7.89. The molecule has 0 aliphatic carbocycles. The Morgan fingerprint density at radius 2 is 1.85 bits per heavy atom. The van der Waals surface area contributed by atoms with Crippen molar-refractivity contribution < 1.29 is 17.9 Å². The first-order valence-electron chi connectivity index (χ1n) is 8.17. The molecule has 26 heavy (non-hydrogen) atoms. The van der Waals surface area contributed by atoms with Crippen molar-refractivity contribution in [2.24, 2.45) is 0 Å². The molecule has 0 bridgehead atoms. The number of piperazine rings is 1. The van der Waals surface area contributed by atoms with Crippen LogP contribution in [-0.4, -0.2) is 59.5 Å². The van der Waals surface area contributed by atoms with Crippen molar-refractivity contribution in [1.82, 2.24) is 14.2 Å². The zero-order valence-electron chi connectivity index (χ0n) is 15.4. The molecule has 10 heteroatoms. The standard InChI is InChI=1S/C16H23Cl2N3O4S/c1-10-11(2)21(7-6-20(10)15(22)25-16(3,4)5)26(23,24)12-8-13(17)14(18)19-9-12/h8-11H,6-7H2,1-5H3/t10-,11-/m0/s1. The average Bonchev–Trinajstić information content (AvgIpc) is 2.50. The Labute approximate surface area is 164 Å². The van der Waals surface area contributed by atoms with Gasteiger partial charge in [0.25, 0.3) is 0 Å². The van der Waals surface area contributed by atoms with Crippen molar-refractivity contribution in [1.29, 1.82) is 0 Å². The molecule has 2 rings (SSSR count). The number of nitrogens with zero attached hydrogens (tertiary/aromatic N) is 3. The van der Waals surface area contributed by atoms with Crippen LogP contribution in [-0.2, 0) is 14.8 Å². The minimum absolute atomic E-state index is 0.0309. The second kappa shape index (κ2) is 7.50. The fourth-order valence-electron chi connectivity index (χ4n) is 2.71. The first-order valence-corrected chi connectivity index (χ1v) is 10.4. The van der Waals surface area contributed by atoms with Gasteiger partial charge in [0, 0.05) is 31.4 Å². The maximum Gasteiger partial charge on any atom is 0.410 e. The second-order valence-electron chi connectivity index (χ2n) is 7.21. The Bertz CT molecular complexity index is 795. The fraction of sp³-hybridized carbons (Fsp3) is 0.625. The van der Waals surface area contributed by atoms with E-state index in [1.54, 1.807) is 39.5 Å². The van der Waals surface area contributed by atoms with Crippen LogP contribution in [0.3, 0.4) is 0 Å². The molecule has 7 nitrogen and oxygen atoms in total. The molecule has 1 aliphatic heterocycles. The topological polar surface area (TPSA) is 79.8 Å². The Kier molecular flexibility index (Phi) is 6.12. The lowest BCUT2D eigenvalue weighted by Crippen LogP contribution is -2.60. The zero-order chi connectivity index (χ0) is 19.9. The highest BCUT2D eigenvalue weighted by Gasteiger charge is 2.41. The van der Waals surface area contributed by atoms with Crippen LogP contribution in [0, 0.1) is 0 Å². The summed E-state index contributed by atoms with van der Waals surface area (Å²) in [5.74, 6) is 0. The van der Waals surface area contributed by atoms with Gasteiger partial charge in [-0.2, -0.15) is 4.31 Å². The SMILES string of the molecule is C[C@H]1[C@H](C)N(S(=O)(=O)c2cnc(Cl)c(Cl)c2)CCN1C(=O)OC(C)(C)C. The third kappa shape index (κ3) is 4.42. The Balaban J connectivity index is 2.23. The minimum atomic E-state index is -3.82. The van der Waals surface area contributed by atoms with Crippen LogP contribution in [0.25, 0.3) is 0 Å². The van der Waals surface area contributed by atoms with Crippen LogP contribution < -0.4 is 0 Å². The smallest absolute Gasteiger partial charge is 0.410 e. The number of hydrogen-bond donors (Lipinski definition) is 0. The lowest BCUT2D eigenvalue weighted by atomic mass is 10.1. The molecule has 1 amide bonds. The molecule has 146 valence electrons. The Hall–Kier alpha value is -1.09. The number of aromatic nitrogens is 1. The molecule has 0 aromatic carbocycles. The minimum Gasteiger partial charge on any atom is -0.444 e. The van der Waals surface area contributed by atoms with E-state index in [1.165, 1.54) is 16.6 Å². The third-order valence-corrected chi connectivity index (χ3v) is 6.85. The zero-order valence-corrected chi connectivity index (χ0v) is 17.7. The van der Waals surface area contributed by atoms with Crippen molar-refractivity contribution >= 4 is 39.3 Å². The summed E-state index contributed by atoms with van der Waals surface area (Å²) in [5, 5.41) is 0.114. The second-order valence-corrected chi connectivity index (χ2v) is 9.87. The highest BCUT2D eigenvalue weighted by Crippen LogP contribution is 2.28. The third-order valence-electron chi connectivity index (χ3n) is 4.21.